The molecule has 1 aromatic heterocycles. The van der Waals surface area contributed by atoms with Crippen molar-refractivity contribution in [2.24, 2.45) is 11.3 Å². The van der Waals surface area contributed by atoms with Gasteiger partial charge >= 0.3 is 0 Å². The van der Waals surface area contributed by atoms with Gasteiger partial charge in [0.05, 0.1) is 5.56 Å². The second-order valence-electron chi connectivity index (χ2n) is 6.83. The van der Waals surface area contributed by atoms with E-state index in [0.29, 0.717) is 22.6 Å². The number of nitrogens with zero attached hydrogens (tertiary/aromatic N) is 3. The summed E-state index contributed by atoms with van der Waals surface area (Å²) in [6.45, 7) is 8.42. The molecule has 21 heavy (non-hydrogen) atoms. The quantitative estimate of drug-likeness (QED) is 0.796. The van der Waals surface area contributed by atoms with E-state index in [0.717, 1.165) is 25.9 Å². The standard InChI is InChI=1S/C17H23N3O/c1-17(2,3)14-5-4-9-20(10-8-14)16(21)15-7-6-13(11-18)12-19-15/h6-7,12,14H,4-5,8-10H2,1-3H3. The van der Waals surface area contributed by atoms with E-state index in [2.05, 4.69) is 25.8 Å². The SMILES string of the molecule is CC(C)(C)C1CCCN(C(=O)c2ccc(C#N)cn2)CC1. The third kappa shape index (κ3) is 3.81. The monoisotopic (exact) mass is 285 g/mol. The van der Waals surface area contributed by atoms with Gasteiger partial charge in [0.2, 0.25) is 0 Å². The van der Waals surface area contributed by atoms with Gasteiger partial charge in [0.15, 0.2) is 0 Å². The van der Waals surface area contributed by atoms with Crippen molar-refractivity contribution in [3.05, 3.63) is 29.6 Å². The van der Waals surface area contributed by atoms with Gasteiger partial charge < -0.3 is 4.90 Å². The predicted octanol–water partition coefficient (Wildman–Crippen LogP) is 3.24. The van der Waals surface area contributed by atoms with E-state index in [9.17, 15) is 4.79 Å². The molecular formula is C17H23N3O. The molecular weight excluding hydrogens is 262 g/mol. The maximum atomic E-state index is 12.5. The summed E-state index contributed by atoms with van der Waals surface area (Å²) in [4.78, 5) is 18.5. The van der Waals surface area contributed by atoms with E-state index < -0.39 is 0 Å². The molecule has 0 bridgehead atoms. The second kappa shape index (κ2) is 6.26. The lowest BCUT2D eigenvalue weighted by atomic mass is 9.77. The van der Waals surface area contributed by atoms with Gasteiger partial charge in [0, 0.05) is 19.3 Å². The van der Waals surface area contributed by atoms with Gasteiger partial charge in [-0.25, -0.2) is 4.98 Å². The van der Waals surface area contributed by atoms with Crippen molar-refractivity contribution in [2.45, 2.75) is 40.0 Å². The molecule has 1 aromatic rings. The molecule has 1 unspecified atom stereocenters. The van der Waals surface area contributed by atoms with E-state index in [1.165, 1.54) is 12.6 Å². The topological polar surface area (TPSA) is 57.0 Å². The van der Waals surface area contributed by atoms with Gasteiger partial charge in [-0.3, -0.25) is 4.79 Å². The highest BCUT2D eigenvalue weighted by molar-refractivity contribution is 5.92. The number of hydrogen-bond donors (Lipinski definition) is 0. The Morgan fingerprint density at radius 3 is 2.67 bits per heavy atom. The van der Waals surface area contributed by atoms with Crippen molar-refractivity contribution in [3.8, 4) is 6.07 Å². The highest BCUT2D eigenvalue weighted by Gasteiger charge is 2.28. The van der Waals surface area contributed by atoms with E-state index in [1.54, 1.807) is 12.1 Å². The number of aromatic nitrogens is 1. The number of carbonyl (C=O) groups is 1. The maximum Gasteiger partial charge on any atom is 0.272 e. The number of amides is 1. The summed E-state index contributed by atoms with van der Waals surface area (Å²) in [7, 11) is 0. The van der Waals surface area contributed by atoms with Gasteiger partial charge in [-0.2, -0.15) is 5.26 Å². The summed E-state index contributed by atoms with van der Waals surface area (Å²) in [5.74, 6) is 0.637. The van der Waals surface area contributed by atoms with Crippen LogP contribution in [0, 0.1) is 22.7 Å². The van der Waals surface area contributed by atoms with Gasteiger partial charge in [-0.1, -0.05) is 20.8 Å². The lowest BCUT2D eigenvalue weighted by molar-refractivity contribution is 0.0750. The molecule has 0 aromatic carbocycles. The lowest BCUT2D eigenvalue weighted by Gasteiger charge is -2.29. The van der Waals surface area contributed by atoms with Crippen LogP contribution in [0.25, 0.3) is 0 Å². The second-order valence-corrected chi connectivity index (χ2v) is 6.83. The average Bonchev–Trinajstić information content (AvgIpc) is 2.72. The molecule has 1 aliphatic heterocycles. The Labute approximate surface area is 126 Å². The molecule has 1 fully saturated rings. The van der Waals surface area contributed by atoms with Crippen molar-refractivity contribution in [3.63, 3.8) is 0 Å². The van der Waals surface area contributed by atoms with Crippen molar-refractivity contribution < 1.29 is 4.79 Å². The number of likely N-dealkylation sites (tertiary alicyclic amines) is 1. The first-order chi connectivity index (χ1) is 9.91. The molecule has 1 aliphatic rings. The molecule has 4 heteroatoms. The number of nitriles is 1. The fraction of sp³-hybridized carbons (Fsp3) is 0.588. The average molecular weight is 285 g/mol. The zero-order valence-corrected chi connectivity index (χ0v) is 13.1. The molecule has 2 rings (SSSR count). The first-order valence-corrected chi connectivity index (χ1v) is 7.57. The molecule has 1 saturated heterocycles. The van der Waals surface area contributed by atoms with Crippen LogP contribution in [0.4, 0.5) is 0 Å². The lowest BCUT2D eigenvalue weighted by Crippen LogP contribution is -2.33. The molecule has 112 valence electrons. The molecule has 0 saturated carbocycles. The fourth-order valence-electron chi connectivity index (χ4n) is 2.91. The van der Waals surface area contributed by atoms with Crippen molar-refractivity contribution in [2.75, 3.05) is 13.1 Å². The summed E-state index contributed by atoms with van der Waals surface area (Å²) in [6, 6.07) is 5.31. The van der Waals surface area contributed by atoms with Crippen LogP contribution >= 0.6 is 0 Å². The first kappa shape index (κ1) is 15.5. The summed E-state index contributed by atoms with van der Waals surface area (Å²) in [5.41, 5.74) is 1.21. The molecule has 1 atom stereocenters. The zero-order chi connectivity index (χ0) is 15.5. The Balaban J connectivity index is 2.04. The van der Waals surface area contributed by atoms with Gasteiger partial charge in [0.25, 0.3) is 5.91 Å². The van der Waals surface area contributed by atoms with Crippen LogP contribution in [0.1, 0.15) is 56.1 Å². The van der Waals surface area contributed by atoms with Gasteiger partial charge in [0.1, 0.15) is 11.8 Å². The molecule has 0 N–H and O–H groups in total. The normalized spacial score (nSPS) is 19.7. The Kier molecular flexibility index (Phi) is 4.62. The summed E-state index contributed by atoms with van der Waals surface area (Å²) >= 11 is 0. The molecule has 0 aliphatic carbocycles. The Hall–Kier alpha value is -1.89. The van der Waals surface area contributed by atoms with Crippen LogP contribution in [0.15, 0.2) is 18.3 Å². The largest absolute Gasteiger partial charge is 0.337 e. The number of pyridine rings is 1. The van der Waals surface area contributed by atoms with Gasteiger partial charge in [-0.15, -0.1) is 0 Å². The van der Waals surface area contributed by atoms with Crippen LogP contribution in [-0.2, 0) is 0 Å². The highest BCUT2D eigenvalue weighted by atomic mass is 16.2. The summed E-state index contributed by atoms with van der Waals surface area (Å²) < 4.78 is 0. The maximum absolute atomic E-state index is 12.5. The van der Waals surface area contributed by atoms with Crippen molar-refractivity contribution in [1.29, 1.82) is 5.26 Å². The van der Waals surface area contributed by atoms with Crippen LogP contribution < -0.4 is 0 Å². The predicted molar refractivity (Wildman–Crippen MR) is 81.7 cm³/mol. The Morgan fingerprint density at radius 2 is 2.10 bits per heavy atom. The molecule has 1 amide bonds. The highest BCUT2D eigenvalue weighted by Crippen LogP contribution is 2.34. The molecule has 0 radical (unpaired) electrons. The number of carbonyl (C=O) groups excluding carboxylic acids is 1. The smallest absolute Gasteiger partial charge is 0.272 e. The van der Waals surface area contributed by atoms with Crippen LogP contribution in [-0.4, -0.2) is 28.9 Å². The van der Waals surface area contributed by atoms with Crippen molar-refractivity contribution in [1.82, 2.24) is 9.88 Å². The van der Waals surface area contributed by atoms with E-state index in [4.69, 9.17) is 5.26 Å². The molecule has 0 spiro atoms. The van der Waals surface area contributed by atoms with Crippen LogP contribution in [0.5, 0.6) is 0 Å². The molecule has 2 heterocycles. The molecule has 4 nitrogen and oxygen atoms in total. The van der Waals surface area contributed by atoms with E-state index >= 15 is 0 Å². The minimum absolute atomic E-state index is 0.0194. The van der Waals surface area contributed by atoms with E-state index in [1.807, 2.05) is 11.0 Å². The minimum atomic E-state index is -0.0194. The summed E-state index contributed by atoms with van der Waals surface area (Å²) in [5, 5.41) is 8.77. The Bertz CT molecular complexity index is 537. The third-order valence-electron chi connectivity index (χ3n) is 4.35. The number of rotatable bonds is 1. The number of hydrogen-bond acceptors (Lipinski definition) is 3. The van der Waals surface area contributed by atoms with Crippen LogP contribution in [0.2, 0.25) is 0 Å². The zero-order valence-electron chi connectivity index (χ0n) is 13.1. The van der Waals surface area contributed by atoms with Crippen molar-refractivity contribution >= 4 is 5.91 Å². The Morgan fingerprint density at radius 1 is 1.33 bits per heavy atom. The first-order valence-electron chi connectivity index (χ1n) is 7.57. The fourth-order valence-corrected chi connectivity index (χ4v) is 2.91. The third-order valence-corrected chi connectivity index (χ3v) is 4.35. The van der Waals surface area contributed by atoms with Crippen LogP contribution in [0.3, 0.4) is 0 Å². The van der Waals surface area contributed by atoms with E-state index in [-0.39, 0.29) is 5.91 Å². The van der Waals surface area contributed by atoms with Gasteiger partial charge in [-0.05, 0) is 42.7 Å². The summed E-state index contributed by atoms with van der Waals surface area (Å²) in [6.07, 6.45) is 4.73. The minimum Gasteiger partial charge on any atom is -0.337 e.